The molecule has 3 nitrogen and oxygen atoms in total. The van der Waals surface area contributed by atoms with E-state index in [0.29, 0.717) is 6.42 Å². The van der Waals surface area contributed by atoms with Crippen molar-refractivity contribution in [2.24, 2.45) is 0 Å². The van der Waals surface area contributed by atoms with Crippen LogP contribution >= 0.6 is 20.2 Å². The minimum absolute atomic E-state index is 0.0603. The second kappa shape index (κ2) is 26.1. The van der Waals surface area contributed by atoms with Crippen molar-refractivity contribution in [2.75, 3.05) is 11.9 Å². The molecule has 0 heterocycles. The van der Waals surface area contributed by atoms with Crippen LogP contribution in [-0.2, 0) is 4.57 Å². The normalized spacial score (nSPS) is 12.0. The van der Waals surface area contributed by atoms with Crippen LogP contribution in [0.25, 0.3) is 0 Å². The van der Waals surface area contributed by atoms with E-state index in [0.717, 1.165) is 18.6 Å². The van der Waals surface area contributed by atoms with Crippen molar-refractivity contribution in [3.63, 3.8) is 0 Å². The molecule has 0 amide bonds. The molecule has 0 aliphatic heterocycles. The van der Waals surface area contributed by atoms with Gasteiger partial charge in [0.2, 0.25) is 0 Å². The molecular formula is C27H57O3PS. The van der Waals surface area contributed by atoms with Crippen molar-refractivity contribution in [1.29, 1.82) is 0 Å². The van der Waals surface area contributed by atoms with E-state index in [1.807, 2.05) is 0 Å². The first-order valence-corrected chi connectivity index (χ1v) is 16.6. The molecule has 0 unspecified atom stereocenters. The summed E-state index contributed by atoms with van der Waals surface area (Å²) < 4.78 is 10.8. The fourth-order valence-corrected chi connectivity index (χ4v) is 5.35. The fourth-order valence-electron chi connectivity index (χ4n) is 4.50. The summed E-state index contributed by atoms with van der Waals surface area (Å²) >= 11 is 4.27. The Balaban J connectivity index is 3.03. The molecule has 0 bridgehead atoms. The SMILES string of the molecule is O=P(O)(O)CCCCCCCCCCCCCCCCCCCCCCCCCCCS. The molecule has 0 spiro atoms. The van der Waals surface area contributed by atoms with Crippen LogP contribution in [-0.4, -0.2) is 21.7 Å². The molecule has 0 saturated carbocycles. The second-order valence-electron chi connectivity index (χ2n) is 9.95. The highest BCUT2D eigenvalue weighted by molar-refractivity contribution is 7.80. The lowest BCUT2D eigenvalue weighted by Crippen LogP contribution is -1.88. The predicted molar refractivity (Wildman–Crippen MR) is 146 cm³/mol. The van der Waals surface area contributed by atoms with Crippen LogP contribution in [0.5, 0.6) is 0 Å². The maximum Gasteiger partial charge on any atom is 0.325 e. The van der Waals surface area contributed by atoms with Crippen molar-refractivity contribution in [3.8, 4) is 0 Å². The smallest absolute Gasteiger partial charge is 0.324 e. The number of hydrogen-bond acceptors (Lipinski definition) is 2. The largest absolute Gasteiger partial charge is 0.325 e. The van der Waals surface area contributed by atoms with Gasteiger partial charge in [0.1, 0.15) is 0 Å². The second-order valence-corrected chi connectivity index (χ2v) is 12.2. The Labute approximate surface area is 206 Å². The molecule has 0 aliphatic carbocycles. The van der Waals surface area contributed by atoms with E-state index in [-0.39, 0.29) is 6.16 Å². The van der Waals surface area contributed by atoms with Gasteiger partial charge >= 0.3 is 7.60 Å². The number of thiol groups is 1. The Hall–Kier alpha value is 0.500. The van der Waals surface area contributed by atoms with Crippen LogP contribution in [0.15, 0.2) is 0 Å². The third-order valence-corrected chi connectivity index (χ3v) is 7.82. The van der Waals surface area contributed by atoms with Gasteiger partial charge in [0, 0.05) is 6.16 Å². The van der Waals surface area contributed by atoms with Crippen LogP contribution in [0.3, 0.4) is 0 Å². The third kappa shape index (κ3) is 30.5. The molecule has 0 atom stereocenters. The number of rotatable bonds is 27. The summed E-state index contributed by atoms with van der Waals surface area (Å²) in [4.78, 5) is 17.6. The minimum Gasteiger partial charge on any atom is -0.324 e. The zero-order chi connectivity index (χ0) is 23.6. The van der Waals surface area contributed by atoms with Crippen LogP contribution in [0, 0.1) is 0 Å². The van der Waals surface area contributed by atoms with Gasteiger partial charge < -0.3 is 9.79 Å². The Morgan fingerprint density at radius 2 is 0.562 bits per heavy atom. The first-order valence-electron chi connectivity index (χ1n) is 14.2. The first kappa shape index (κ1) is 32.5. The lowest BCUT2D eigenvalue weighted by atomic mass is 10.0. The Kier molecular flexibility index (Phi) is 26.5. The van der Waals surface area contributed by atoms with Crippen LogP contribution in [0.4, 0.5) is 0 Å². The van der Waals surface area contributed by atoms with Crippen molar-refractivity contribution < 1.29 is 14.4 Å². The molecule has 32 heavy (non-hydrogen) atoms. The molecule has 2 N–H and O–H groups in total. The molecular weight excluding hydrogens is 435 g/mol. The van der Waals surface area contributed by atoms with Crippen molar-refractivity contribution in [1.82, 2.24) is 0 Å². The number of unbranched alkanes of at least 4 members (excludes halogenated alkanes) is 24. The number of hydrogen-bond donors (Lipinski definition) is 3. The molecule has 0 saturated heterocycles. The summed E-state index contributed by atoms with van der Waals surface area (Å²) in [6.07, 6.45) is 33.6. The lowest BCUT2D eigenvalue weighted by Gasteiger charge is -2.05. The zero-order valence-electron chi connectivity index (χ0n) is 21.3. The van der Waals surface area contributed by atoms with Gasteiger partial charge in [0.25, 0.3) is 0 Å². The van der Waals surface area contributed by atoms with Gasteiger partial charge in [-0.1, -0.05) is 148 Å². The standard InChI is InChI=1S/C27H57O3PS/c28-31(29,30)26-24-22-20-18-16-14-12-10-8-6-4-2-1-3-5-7-9-11-13-15-17-19-21-23-25-27-32/h32H,1-27H2,(H2,28,29,30). The molecule has 0 rings (SSSR count). The highest BCUT2D eigenvalue weighted by atomic mass is 32.1. The fraction of sp³-hybridized carbons (Fsp3) is 1.00. The van der Waals surface area contributed by atoms with Gasteiger partial charge in [-0.05, 0) is 18.6 Å². The predicted octanol–water partition coefficient (Wildman–Crippen LogP) is 9.85. The zero-order valence-corrected chi connectivity index (χ0v) is 23.1. The van der Waals surface area contributed by atoms with E-state index in [4.69, 9.17) is 9.79 Å². The molecule has 0 aliphatic rings. The molecule has 0 fully saturated rings. The topological polar surface area (TPSA) is 57.5 Å². The van der Waals surface area contributed by atoms with Gasteiger partial charge in [0.05, 0.1) is 0 Å². The molecule has 194 valence electrons. The molecule has 0 radical (unpaired) electrons. The molecule has 0 aromatic heterocycles. The van der Waals surface area contributed by atoms with E-state index < -0.39 is 7.60 Å². The summed E-state index contributed by atoms with van der Waals surface area (Å²) in [6, 6.07) is 0. The average molecular weight is 493 g/mol. The monoisotopic (exact) mass is 492 g/mol. The summed E-state index contributed by atoms with van der Waals surface area (Å²) in [5.41, 5.74) is 0. The van der Waals surface area contributed by atoms with E-state index in [1.54, 1.807) is 0 Å². The lowest BCUT2D eigenvalue weighted by molar-refractivity contribution is 0.370. The summed E-state index contributed by atoms with van der Waals surface area (Å²) in [5.74, 6) is 1.05. The third-order valence-electron chi connectivity index (χ3n) is 6.61. The molecule has 5 heteroatoms. The van der Waals surface area contributed by atoms with Crippen molar-refractivity contribution >= 4 is 20.2 Å². The van der Waals surface area contributed by atoms with Gasteiger partial charge in [-0.25, -0.2) is 0 Å². The van der Waals surface area contributed by atoms with Crippen LogP contribution in [0.1, 0.15) is 161 Å². The molecule has 0 aromatic carbocycles. The summed E-state index contributed by atoms with van der Waals surface area (Å²) in [7, 11) is -3.77. The van der Waals surface area contributed by atoms with Gasteiger partial charge in [-0.15, -0.1) is 0 Å². The van der Waals surface area contributed by atoms with Crippen LogP contribution < -0.4 is 0 Å². The minimum atomic E-state index is -3.77. The van der Waals surface area contributed by atoms with Crippen LogP contribution in [0.2, 0.25) is 0 Å². The Morgan fingerprint density at radius 3 is 0.750 bits per heavy atom. The van der Waals surface area contributed by atoms with E-state index in [9.17, 15) is 4.57 Å². The maximum absolute atomic E-state index is 10.8. The Morgan fingerprint density at radius 1 is 0.375 bits per heavy atom. The first-order chi connectivity index (χ1) is 15.6. The average Bonchev–Trinajstić information content (AvgIpc) is 2.75. The summed E-state index contributed by atoms with van der Waals surface area (Å²) in [6.45, 7) is 0. The van der Waals surface area contributed by atoms with Crippen molar-refractivity contribution in [2.45, 2.75) is 161 Å². The van der Waals surface area contributed by atoms with Crippen molar-refractivity contribution in [3.05, 3.63) is 0 Å². The summed E-state index contributed by atoms with van der Waals surface area (Å²) in [5, 5.41) is 0. The van der Waals surface area contributed by atoms with E-state index >= 15 is 0 Å². The van der Waals surface area contributed by atoms with Gasteiger partial charge in [-0.3, -0.25) is 4.57 Å². The maximum atomic E-state index is 10.8. The van der Waals surface area contributed by atoms with E-state index in [2.05, 4.69) is 12.6 Å². The highest BCUT2D eigenvalue weighted by Gasteiger charge is 2.10. The van der Waals surface area contributed by atoms with Gasteiger partial charge in [-0.2, -0.15) is 12.6 Å². The quantitative estimate of drug-likeness (QED) is 0.0607. The van der Waals surface area contributed by atoms with Gasteiger partial charge in [0.15, 0.2) is 0 Å². The van der Waals surface area contributed by atoms with E-state index in [1.165, 1.54) is 141 Å². The molecule has 0 aromatic rings. The Bertz CT molecular complexity index is 400. The highest BCUT2D eigenvalue weighted by Crippen LogP contribution is 2.35.